The van der Waals surface area contributed by atoms with E-state index in [9.17, 15) is 19.5 Å². The van der Waals surface area contributed by atoms with Crippen LogP contribution in [0.4, 0.5) is 0 Å². The molecule has 6 unspecified atom stereocenters. The van der Waals surface area contributed by atoms with E-state index in [-0.39, 0.29) is 61.5 Å². The molecule has 0 spiro atoms. The van der Waals surface area contributed by atoms with E-state index < -0.39 is 67.2 Å². The summed E-state index contributed by atoms with van der Waals surface area (Å²) < 4.78 is 54.6. The lowest BCUT2D eigenvalue weighted by atomic mass is 9.79. The fourth-order valence-corrected chi connectivity index (χ4v) is 7.38. The Labute approximate surface area is 317 Å². The minimum absolute atomic E-state index is 0.00870. The van der Waals surface area contributed by atoms with E-state index in [0.29, 0.717) is 11.1 Å². The molecule has 0 radical (unpaired) electrons. The van der Waals surface area contributed by atoms with Gasteiger partial charge in [0.1, 0.15) is 25.4 Å². The van der Waals surface area contributed by atoms with E-state index >= 15 is 0 Å². The molecule has 3 heterocycles. The topological polar surface area (TPSA) is 155 Å². The van der Waals surface area contributed by atoms with Gasteiger partial charge in [-0.25, -0.2) is 9.59 Å². The lowest BCUT2D eigenvalue weighted by Gasteiger charge is -2.48. The third-order valence-corrected chi connectivity index (χ3v) is 11.5. The van der Waals surface area contributed by atoms with E-state index in [1.807, 2.05) is 39.8 Å². The van der Waals surface area contributed by atoms with Crippen LogP contribution in [0.25, 0.3) is 0 Å². The largest absolute Gasteiger partial charge is 0.463 e. The summed E-state index contributed by atoms with van der Waals surface area (Å²) in [5.74, 6) is -2.18. The van der Waals surface area contributed by atoms with E-state index in [0.717, 1.165) is 0 Å². The van der Waals surface area contributed by atoms with Gasteiger partial charge in [-0.05, 0) is 42.0 Å². The number of ether oxygens (including phenoxy) is 9. The van der Waals surface area contributed by atoms with Crippen molar-refractivity contribution in [2.45, 2.75) is 104 Å². The Bertz CT molecular complexity index is 1500. The molecule has 0 aromatic heterocycles. The van der Waals surface area contributed by atoms with E-state index in [4.69, 9.17) is 42.6 Å². The summed E-state index contributed by atoms with van der Waals surface area (Å²) in [6, 6.07) is 17.3. The normalized spacial score (nSPS) is 36.9. The summed E-state index contributed by atoms with van der Waals surface area (Å²) in [7, 11) is 1.51. The van der Waals surface area contributed by atoms with Crippen molar-refractivity contribution in [3.8, 4) is 0 Å². The summed E-state index contributed by atoms with van der Waals surface area (Å²) in [5, 5.41) is 11.8. The van der Waals surface area contributed by atoms with Crippen molar-refractivity contribution in [1.29, 1.82) is 0 Å². The van der Waals surface area contributed by atoms with Gasteiger partial charge in [0.2, 0.25) is 0 Å². The van der Waals surface area contributed by atoms with Crippen molar-refractivity contribution in [1.82, 2.24) is 0 Å². The molecule has 3 saturated heterocycles. The lowest BCUT2D eigenvalue weighted by Crippen LogP contribution is -2.61. The molecule has 0 saturated carbocycles. The molecule has 3 aliphatic rings. The Morgan fingerprint density at radius 3 is 1.72 bits per heavy atom. The molecule has 1 N–H and O–H groups in total. The molecule has 15 atom stereocenters. The number of carbonyl (C=O) groups excluding carboxylic acids is 3. The van der Waals surface area contributed by atoms with Gasteiger partial charge >= 0.3 is 17.9 Å². The van der Waals surface area contributed by atoms with Crippen LogP contribution < -0.4 is 0 Å². The summed E-state index contributed by atoms with van der Waals surface area (Å²) in [6.07, 6.45) is -7.53. The number of hydrogen-bond acceptors (Lipinski definition) is 13. The molecule has 13 nitrogen and oxygen atoms in total. The number of hydrogen-bond donors (Lipinski definition) is 1. The SMILES string of the molecule is CO[C@H]1OC(CO[C@@H]2OC(COC(C)=O)[C@@H](C)[C@H](C)C2C)[C@H](O)[C@H](O[C@@H]2OC(COC(=O)c3ccccc3)[C@H](C)[C@H](C)C2OC(=O)c2ccccc2)C1C. The number of esters is 3. The monoisotopic (exact) mass is 756 g/mol. The number of rotatable bonds is 13. The molecule has 3 fully saturated rings. The third-order valence-electron chi connectivity index (χ3n) is 11.5. The van der Waals surface area contributed by atoms with Crippen LogP contribution >= 0.6 is 0 Å². The van der Waals surface area contributed by atoms with Crippen LogP contribution in [-0.4, -0.2) is 105 Å². The van der Waals surface area contributed by atoms with Gasteiger partial charge in [-0.3, -0.25) is 4.79 Å². The van der Waals surface area contributed by atoms with Crippen LogP contribution in [0.3, 0.4) is 0 Å². The Balaban J connectivity index is 1.33. The summed E-state index contributed by atoms with van der Waals surface area (Å²) in [5.41, 5.74) is 0.774. The van der Waals surface area contributed by atoms with Crippen molar-refractivity contribution in [3.63, 3.8) is 0 Å². The summed E-state index contributed by atoms with van der Waals surface area (Å²) in [6.45, 7) is 13.2. The Morgan fingerprint density at radius 2 is 1.13 bits per heavy atom. The first kappa shape index (κ1) is 41.7. The number of aliphatic hydroxyl groups is 1. The van der Waals surface area contributed by atoms with Gasteiger partial charge in [-0.1, -0.05) is 77.9 Å². The molecule has 2 aromatic carbocycles. The fourth-order valence-electron chi connectivity index (χ4n) is 7.38. The van der Waals surface area contributed by atoms with Crippen molar-refractivity contribution in [3.05, 3.63) is 71.8 Å². The van der Waals surface area contributed by atoms with Crippen LogP contribution in [-0.2, 0) is 47.4 Å². The molecule has 54 heavy (non-hydrogen) atoms. The highest BCUT2D eigenvalue weighted by atomic mass is 16.7. The quantitative estimate of drug-likeness (QED) is 0.215. The van der Waals surface area contributed by atoms with Crippen molar-refractivity contribution in [2.24, 2.45) is 35.5 Å². The highest BCUT2D eigenvalue weighted by Gasteiger charge is 2.51. The molecule has 0 amide bonds. The van der Waals surface area contributed by atoms with Crippen LogP contribution in [0.5, 0.6) is 0 Å². The number of benzene rings is 2. The molecule has 0 bridgehead atoms. The molecule has 2 aromatic rings. The maximum Gasteiger partial charge on any atom is 0.338 e. The average Bonchev–Trinajstić information content (AvgIpc) is 3.17. The van der Waals surface area contributed by atoms with Crippen LogP contribution in [0.1, 0.15) is 69.2 Å². The number of carbonyl (C=O) groups is 3. The van der Waals surface area contributed by atoms with Gasteiger partial charge in [0.15, 0.2) is 25.0 Å². The predicted molar refractivity (Wildman–Crippen MR) is 194 cm³/mol. The highest BCUT2D eigenvalue weighted by Crippen LogP contribution is 2.39. The predicted octanol–water partition coefficient (Wildman–Crippen LogP) is 5.03. The first-order valence-electron chi connectivity index (χ1n) is 18.9. The minimum Gasteiger partial charge on any atom is -0.463 e. The lowest BCUT2D eigenvalue weighted by molar-refractivity contribution is -0.345. The van der Waals surface area contributed by atoms with Gasteiger partial charge in [-0.2, -0.15) is 0 Å². The first-order valence-corrected chi connectivity index (χ1v) is 18.9. The van der Waals surface area contributed by atoms with Crippen LogP contribution in [0.15, 0.2) is 60.7 Å². The van der Waals surface area contributed by atoms with Gasteiger partial charge in [0.25, 0.3) is 0 Å². The zero-order chi connectivity index (χ0) is 39.1. The smallest absolute Gasteiger partial charge is 0.338 e. The maximum atomic E-state index is 13.4. The third kappa shape index (κ3) is 9.86. The minimum atomic E-state index is -1.23. The van der Waals surface area contributed by atoms with Crippen molar-refractivity contribution >= 4 is 17.9 Å². The number of methoxy groups -OCH3 is 1. The van der Waals surface area contributed by atoms with Crippen molar-refractivity contribution < 1.29 is 62.1 Å². The zero-order valence-electron chi connectivity index (χ0n) is 32.4. The second-order valence-corrected chi connectivity index (χ2v) is 14.9. The number of aliphatic hydroxyl groups excluding tert-OH is 1. The van der Waals surface area contributed by atoms with Gasteiger partial charge < -0.3 is 47.7 Å². The van der Waals surface area contributed by atoms with Gasteiger partial charge in [0.05, 0.1) is 36.0 Å². The van der Waals surface area contributed by atoms with Gasteiger partial charge in [0, 0.05) is 31.8 Å². The molecular formula is C41H56O13. The van der Waals surface area contributed by atoms with Crippen LogP contribution in [0, 0.1) is 35.5 Å². The standard InChI is InChI=1S/C41H56O13/c1-22-23(2)31(19-47-28(7)42)50-40(26(22)5)49-21-33-34(43)35(27(6)39(46-8)52-33)54-41-36(53-38(45)30-17-13-10-14-18-30)25(4)24(3)32(51-41)20-48-37(44)29-15-11-9-12-16-29/h9-18,22-27,31-36,39-41,43H,19-21H2,1-8H3/t22-,23-,24+,25-,26?,27?,31?,32?,33?,34-,35+,36?,39-,40+,41-/m0/s1. The molecule has 0 aliphatic carbocycles. The van der Waals surface area contributed by atoms with E-state index in [2.05, 4.69) is 13.8 Å². The Hall–Kier alpha value is -3.43. The highest BCUT2D eigenvalue weighted by molar-refractivity contribution is 5.89. The molecule has 298 valence electrons. The molecule has 3 aliphatic heterocycles. The zero-order valence-corrected chi connectivity index (χ0v) is 32.4. The van der Waals surface area contributed by atoms with Crippen molar-refractivity contribution in [2.75, 3.05) is 26.9 Å². The van der Waals surface area contributed by atoms with E-state index in [1.54, 1.807) is 48.5 Å². The Kier molecular flexibility index (Phi) is 14.6. The second-order valence-electron chi connectivity index (χ2n) is 14.9. The second kappa shape index (κ2) is 18.9. The molecule has 5 rings (SSSR count). The fraction of sp³-hybridized carbons (Fsp3) is 0.634. The average molecular weight is 757 g/mol. The maximum absolute atomic E-state index is 13.4. The Morgan fingerprint density at radius 1 is 0.593 bits per heavy atom. The molecular weight excluding hydrogens is 700 g/mol. The first-order chi connectivity index (χ1) is 25.8. The van der Waals surface area contributed by atoms with E-state index in [1.165, 1.54) is 14.0 Å². The van der Waals surface area contributed by atoms with Gasteiger partial charge in [-0.15, -0.1) is 0 Å². The van der Waals surface area contributed by atoms with Crippen LogP contribution in [0.2, 0.25) is 0 Å². The summed E-state index contributed by atoms with van der Waals surface area (Å²) in [4.78, 5) is 37.8. The summed E-state index contributed by atoms with van der Waals surface area (Å²) >= 11 is 0. The molecule has 13 heteroatoms.